The Labute approximate surface area is 102 Å². The fourth-order valence-corrected chi connectivity index (χ4v) is 2.12. The summed E-state index contributed by atoms with van der Waals surface area (Å²) in [6.45, 7) is 5.67. The molecule has 1 N–H and O–H groups in total. The van der Waals surface area contributed by atoms with Gasteiger partial charge in [-0.15, -0.1) is 0 Å². The first-order valence-electron chi connectivity index (χ1n) is 5.96. The van der Waals surface area contributed by atoms with Gasteiger partial charge in [0.05, 0.1) is 5.69 Å². The molecule has 0 bridgehead atoms. The van der Waals surface area contributed by atoms with E-state index in [0.29, 0.717) is 11.3 Å². The van der Waals surface area contributed by atoms with Crippen LogP contribution in [0.4, 0.5) is 0 Å². The van der Waals surface area contributed by atoms with Gasteiger partial charge in [0.15, 0.2) is 0 Å². The van der Waals surface area contributed by atoms with Gasteiger partial charge in [-0.05, 0) is 33.2 Å². The first-order valence-corrected chi connectivity index (χ1v) is 5.96. The highest BCUT2D eigenvalue weighted by molar-refractivity contribution is 5.46. The molecule has 1 atom stereocenters. The molecule has 4 nitrogen and oxygen atoms in total. The van der Waals surface area contributed by atoms with E-state index in [0.717, 1.165) is 37.3 Å². The predicted octanol–water partition coefficient (Wildman–Crippen LogP) is 1.70. The zero-order valence-corrected chi connectivity index (χ0v) is 10.3. The lowest BCUT2D eigenvalue weighted by molar-refractivity contribution is 0.166. The largest absolute Gasteiger partial charge is 0.488 e. The summed E-state index contributed by atoms with van der Waals surface area (Å²) in [4.78, 5) is 4.28. The first-order chi connectivity index (χ1) is 8.20. The van der Waals surface area contributed by atoms with Crippen LogP contribution in [0.5, 0.6) is 5.75 Å². The number of nitrogens with one attached hydrogen (secondary N) is 1. The molecule has 1 fully saturated rings. The molecule has 1 aliphatic heterocycles. The van der Waals surface area contributed by atoms with Crippen LogP contribution in [0.15, 0.2) is 6.07 Å². The number of ether oxygens (including phenoxy) is 1. The number of nitriles is 1. The van der Waals surface area contributed by atoms with Crippen LogP contribution in [0.1, 0.15) is 29.8 Å². The number of piperidine rings is 1. The van der Waals surface area contributed by atoms with Gasteiger partial charge < -0.3 is 10.1 Å². The highest BCUT2D eigenvalue weighted by Crippen LogP contribution is 2.23. The minimum Gasteiger partial charge on any atom is -0.488 e. The third kappa shape index (κ3) is 2.75. The summed E-state index contributed by atoms with van der Waals surface area (Å²) in [5, 5.41) is 12.4. The molecule has 0 radical (unpaired) electrons. The van der Waals surface area contributed by atoms with Crippen molar-refractivity contribution in [3.05, 3.63) is 23.0 Å². The minimum atomic E-state index is 0.164. The van der Waals surface area contributed by atoms with Crippen molar-refractivity contribution in [2.24, 2.45) is 0 Å². The van der Waals surface area contributed by atoms with Gasteiger partial charge >= 0.3 is 0 Å². The molecule has 1 aromatic rings. The van der Waals surface area contributed by atoms with Crippen molar-refractivity contribution in [2.45, 2.75) is 32.8 Å². The van der Waals surface area contributed by atoms with Gasteiger partial charge in [0.25, 0.3) is 0 Å². The summed E-state index contributed by atoms with van der Waals surface area (Å²) in [5.74, 6) is 0.672. The van der Waals surface area contributed by atoms with Crippen LogP contribution in [-0.4, -0.2) is 24.2 Å². The zero-order valence-electron chi connectivity index (χ0n) is 10.3. The number of nitrogens with zero attached hydrogens (tertiary/aromatic N) is 2. The topological polar surface area (TPSA) is 57.9 Å². The Morgan fingerprint density at radius 3 is 3.00 bits per heavy atom. The monoisotopic (exact) mass is 231 g/mol. The van der Waals surface area contributed by atoms with Crippen molar-refractivity contribution in [3.63, 3.8) is 0 Å². The molecule has 0 aliphatic carbocycles. The molecule has 2 heterocycles. The normalized spacial score (nSPS) is 19.7. The highest BCUT2D eigenvalue weighted by Gasteiger charge is 2.17. The smallest absolute Gasteiger partial charge is 0.141 e. The SMILES string of the molecule is Cc1cc(O[C@H]2CCCNC2)c(C#N)c(C)n1. The first kappa shape index (κ1) is 11.9. The van der Waals surface area contributed by atoms with E-state index in [2.05, 4.69) is 16.4 Å². The highest BCUT2D eigenvalue weighted by atomic mass is 16.5. The summed E-state index contributed by atoms with van der Waals surface area (Å²) in [6.07, 6.45) is 2.32. The summed E-state index contributed by atoms with van der Waals surface area (Å²) in [7, 11) is 0. The van der Waals surface area contributed by atoms with Gasteiger partial charge in [-0.3, -0.25) is 4.98 Å². The molecule has 1 aromatic heterocycles. The average Bonchev–Trinajstić information content (AvgIpc) is 2.30. The standard InChI is InChI=1S/C13H17N3O/c1-9-6-13(12(7-14)10(2)16-9)17-11-4-3-5-15-8-11/h6,11,15H,3-5,8H2,1-2H3/t11-/m0/s1. The maximum Gasteiger partial charge on any atom is 0.141 e. The maximum absolute atomic E-state index is 9.13. The number of rotatable bonds is 2. The van der Waals surface area contributed by atoms with Gasteiger partial charge in [-0.1, -0.05) is 0 Å². The van der Waals surface area contributed by atoms with Gasteiger partial charge in [0, 0.05) is 18.3 Å². The molecule has 0 amide bonds. The summed E-state index contributed by atoms with van der Waals surface area (Å²) >= 11 is 0. The zero-order chi connectivity index (χ0) is 12.3. The summed E-state index contributed by atoms with van der Waals surface area (Å²) in [5.41, 5.74) is 2.19. The van der Waals surface area contributed by atoms with E-state index < -0.39 is 0 Å². The van der Waals surface area contributed by atoms with Crippen molar-refractivity contribution in [1.82, 2.24) is 10.3 Å². The molecule has 0 saturated carbocycles. The fraction of sp³-hybridized carbons (Fsp3) is 0.538. The Bertz CT molecular complexity index is 445. The third-order valence-electron chi connectivity index (χ3n) is 2.95. The van der Waals surface area contributed by atoms with E-state index in [1.54, 1.807) is 0 Å². The number of aryl methyl sites for hydroxylation is 2. The van der Waals surface area contributed by atoms with Crippen LogP contribution in [0, 0.1) is 25.2 Å². The van der Waals surface area contributed by atoms with E-state index in [9.17, 15) is 0 Å². The molecule has 17 heavy (non-hydrogen) atoms. The lowest BCUT2D eigenvalue weighted by Crippen LogP contribution is -2.37. The van der Waals surface area contributed by atoms with E-state index in [-0.39, 0.29) is 6.10 Å². The molecule has 2 rings (SSSR count). The molecule has 4 heteroatoms. The maximum atomic E-state index is 9.13. The molecule has 0 aromatic carbocycles. The van der Waals surface area contributed by atoms with E-state index in [4.69, 9.17) is 10.00 Å². The van der Waals surface area contributed by atoms with Crippen molar-refractivity contribution in [3.8, 4) is 11.8 Å². The molecule has 1 saturated heterocycles. The number of aromatic nitrogens is 1. The van der Waals surface area contributed by atoms with Crippen LogP contribution in [0.25, 0.3) is 0 Å². The number of pyridine rings is 1. The van der Waals surface area contributed by atoms with Gasteiger partial charge in [-0.25, -0.2) is 0 Å². The van der Waals surface area contributed by atoms with Crippen LogP contribution in [0.3, 0.4) is 0 Å². The average molecular weight is 231 g/mol. The van der Waals surface area contributed by atoms with Crippen molar-refractivity contribution in [1.29, 1.82) is 5.26 Å². The van der Waals surface area contributed by atoms with Crippen molar-refractivity contribution >= 4 is 0 Å². The minimum absolute atomic E-state index is 0.164. The van der Waals surface area contributed by atoms with Crippen molar-refractivity contribution < 1.29 is 4.74 Å². The molecular formula is C13H17N3O. The lowest BCUT2D eigenvalue weighted by Gasteiger charge is -2.24. The Morgan fingerprint density at radius 1 is 1.53 bits per heavy atom. The molecule has 1 aliphatic rings. The van der Waals surface area contributed by atoms with Crippen LogP contribution < -0.4 is 10.1 Å². The summed E-state index contributed by atoms with van der Waals surface area (Å²) in [6, 6.07) is 4.02. The summed E-state index contributed by atoms with van der Waals surface area (Å²) < 4.78 is 5.91. The fourth-order valence-electron chi connectivity index (χ4n) is 2.12. The van der Waals surface area contributed by atoms with Gasteiger partial charge in [0.2, 0.25) is 0 Å². The lowest BCUT2D eigenvalue weighted by atomic mass is 10.1. The van der Waals surface area contributed by atoms with Gasteiger partial charge in [-0.2, -0.15) is 5.26 Å². The molecule has 90 valence electrons. The van der Waals surface area contributed by atoms with Crippen LogP contribution in [-0.2, 0) is 0 Å². The van der Waals surface area contributed by atoms with Crippen LogP contribution >= 0.6 is 0 Å². The van der Waals surface area contributed by atoms with E-state index >= 15 is 0 Å². The second kappa shape index (κ2) is 5.15. The second-order valence-corrected chi connectivity index (χ2v) is 4.42. The molecule has 0 spiro atoms. The van der Waals surface area contributed by atoms with Crippen molar-refractivity contribution in [2.75, 3.05) is 13.1 Å². The second-order valence-electron chi connectivity index (χ2n) is 4.42. The third-order valence-corrected chi connectivity index (χ3v) is 2.95. The van der Waals surface area contributed by atoms with Crippen LogP contribution in [0.2, 0.25) is 0 Å². The Kier molecular flexibility index (Phi) is 3.60. The predicted molar refractivity (Wildman–Crippen MR) is 64.9 cm³/mol. The Hall–Kier alpha value is -1.60. The quantitative estimate of drug-likeness (QED) is 0.841. The number of hydrogen-bond donors (Lipinski definition) is 1. The Morgan fingerprint density at radius 2 is 2.35 bits per heavy atom. The molecule has 0 unspecified atom stereocenters. The Balaban J connectivity index is 2.22. The van der Waals surface area contributed by atoms with Gasteiger partial charge in [0.1, 0.15) is 23.5 Å². The van der Waals surface area contributed by atoms with E-state index in [1.165, 1.54) is 0 Å². The number of hydrogen-bond acceptors (Lipinski definition) is 4. The van der Waals surface area contributed by atoms with E-state index in [1.807, 2.05) is 19.9 Å². The molecular weight excluding hydrogens is 214 g/mol.